The van der Waals surface area contributed by atoms with Crippen molar-refractivity contribution in [3.63, 3.8) is 0 Å². The van der Waals surface area contributed by atoms with Gasteiger partial charge in [0.25, 0.3) is 0 Å². The van der Waals surface area contributed by atoms with Gasteiger partial charge in [-0.25, -0.2) is 0 Å². The Morgan fingerprint density at radius 3 is 2.53 bits per heavy atom. The van der Waals surface area contributed by atoms with Crippen molar-refractivity contribution in [1.82, 2.24) is 0 Å². The van der Waals surface area contributed by atoms with Crippen LogP contribution in [0.2, 0.25) is 0 Å². The Balaban J connectivity index is 2.64. The summed E-state index contributed by atoms with van der Waals surface area (Å²) in [6.45, 7) is 10.3. The number of allylic oxidation sites excluding steroid dienone is 4. The molecule has 0 bridgehead atoms. The van der Waals surface area contributed by atoms with Crippen molar-refractivity contribution in [2.45, 2.75) is 47.5 Å². The average Bonchev–Trinajstić information content (AvgIpc) is 2.39. The Hall–Kier alpha value is -0.850. The maximum Gasteiger partial charge on any atom is 0.155 e. The van der Waals surface area contributed by atoms with Crippen molar-refractivity contribution in [3.05, 3.63) is 23.3 Å². The zero-order valence-electron chi connectivity index (χ0n) is 10.6. The minimum absolute atomic E-state index is 0.190. The molecule has 0 heterocycles. The standard InChI is InChI=1S/C14H22O/c1-10(12(3)15)6-8-13-9-7-11(2)14(13,4)5/h6-7,13H,8-9H2,1-5H3/t13-/m0/s1. The van der Waals surface area contributed by atoms with E-state index in [0.717, 1.165) is 18.4 Å². The molecule has 0 unspecified atom stereocenters. The highest BCUT2D eigenvalue weighted by molar-refractivity contribution is 5.92. The summed E-state index contributed by atoms with van der Waals surface area (Å²) in [5, 5.41) is 0. The molecule has 0 aromatic carbocycles. The predicted molar refractivity (Wildman–Crippen MR) is 64.7 cm³/mol. The molecule has 0 radical (unpaired) electrons. The predicted octanol–water partition coefficient (Wildman–Crippen LogP) is 3.90. The van der Waals surface area contributed by atoms with Crippen LogP contribution in [0.5, 0.6) is 0 Å². The van der Waals surface area contributed by atoms with Gasteiger partial charge in [0.1, 0.15) is 0 Å². The van der Waals surface area contributed by atoms with E-state index in [4.69, 9.17) is 0 Å². The topological polar surface area (TPSA) is 17.1 Å². The molecule has 1 atom stereocenters. The van der Waals surface area contributed by atoms with Crippen LogP contribution in [-0.2, 0) is 4.79 Å². The van der Waals surface area contributed by atoms with Crippen LogP contribution < -0.4 is 0 Å². The second kappa shape index (κ2) is 4.34. The summed E-state index contributed by atoms with van der Waals surface area (Å²) in [7, 11) is 0. The molecule has 0 spiro atoms. The van der Waals surface area contributed by atoms with E-state index in [2.05, 4.69) is 32.9 Å². The maximum absolute atomic E-state index is 11.1. The van der Waals surface area contributed by atoms with Gasteiger partial charge in [-0.05, 0) is 50.5 Å². The highest BCUT2D eigenvalue weighted by Gasteiger charge is 2.33. The Kier molecular flexibility index (Phi) is 3.54. The van der Waals surface area contributed by atoms with E-state index in [1.165, 1.54) is 5.57 Å². The molecule has 1 rings (SSSR count). The number of ketones is 1. The van der Waals surface area contributed by atoms with E-state index < -0.39 is 0 Å². The van der Waals surface area contributed by atoms with E-state index in [1.807, 2.05) is 6.92 Å². The van der Waals surface area contributed by atoms with Gasteiger partial charge in [-0.3, -0.25) is 4.79 Å². The Morgan fingerprint density at radius 2 is 2.13 bits per heavy atom. The van der Waals surface area contributed by atoms with Crippen LogP contribution in [0, 0.1) is 11.3 Å². The summed E-state index contributed by atoms with van der Waals surface area (Å²) in [6, 6.07) is 0. The van der Waals surface area contributed by atoms with E-state index in [1.54, 1.807) is 6.92 Å². The number of carbonyl (C=O) groups excluding carboxylic acids is 1. The van der Waals surface area contributed by atoms with E-state index in [0.29, 0.717) is 11.3 Å². The molecular formula is C14H22O. The molecule has 84 valence electrons. The normalized spacial score (nSPS) is 25.3. The molecule has 0 N–H and O–H groups in total. The zero-order chi connectivity index (χ0) is 11.6. The number of carbonyl (C=O) groups is 1. The fraction of sp³-hybridized carbons (Fsp3) is 0.643. The van der Waals surface area contributed by atoms with Gasteiger partial charge in [0.15, 0.2) is 5.78 Å². The lowest BCUT2D eigenvalue weighted by atomic mass is 9.76. The minimum atomic E-state index is 0.190. The maximum atomic E-state index is 11.1. The first-order chi connectivity index (χ1) is 6.85. The van der Waals surface area contributed by atoms with Crippen LogP contribution in [-0.4, -0.2) is 5.78 Å². The molecule has 0 fully saturated rings. The minimum Gasteiger partial charge on any atom is -0.295 e. The van der Waals surface area contributed by atoms with Crippen LogP contribution in [0.4, 0.5) is 0 Å². The summed E-state index contributed by atoms with van der Waals surface area (Å²) < 4.78 is 0. The molecule has 0 aliphatic heterocycles. The highest BCUT2D eigenvalue weighted by atomic mass is 16.1. The van der Waals surface area contributed by atoms with Crippen molar-refractivity contribution in [2.75, 3.05) is 0 Å². The lowest BCUT2D eigenvalue weighted by molar-refractivity contribution is -0.113. The second-order valence-electron chi connectivity index (χ2n) is 5.22. The van der Waals surface area contributed by atoms with Crippen molar-refractivity contribution < 1.29 is 4.79 Å². The molecule has 1 aliphatic carbocycles. The zero-order valence-corrected chi connectivity index (χ0v) is 10.6. The summed E-state index contributed by atoms with van der Waals surface area (Å²) >= 11 is 0. The van der Waals surface area contributed by atoms with Crippen LogP contribution in [0.1, 0.15) is 47.5 Å². The Morgan fingerprint density at radius 1 is 1.53 bits per heavy atom. The molecule has 0 aromatic rings. The van der Waals surface area contributed by atoms with E-state index >= 15 is 0 Å². The molecule has 1 aliphatic rings. The number of rotatable bonds is 3. The lowest BCUT2D eigenvalue weighted by Crippen LogP contribution is -2.19. The lowest BCUT2D eigenvalue weighted by Gasteiger charge is -2.29. The number of Topliss-reactive ketones (excluding diaryl/α,β-unsaturated/α-hetero) is 1. The molecule has 15 heavy (non-hydrogen) atoms. The summed E-state index contributed by atoms with van der Waals surface area (Å²) in [5.74, 6) is 0.849. The summed E-state index contributed by atoms with van der Waals surface area (Å²) in [4.78, 5) is 11.1. The first kappa shape index (κ1) is 12.2. The molecule has 0 amide bonds. The third-order valence-electron chi connectivity index (χ3n) is 4.01. The van der Waals surface area contributed by atoms with Gasteiger partial charge in [0, 0.05) is 0 Å². The van der Waals surface area contributed by atoms with Crippen LogP contribution in [0.15, 0.2) is 23.3 Å². The van der Waals surface area contributed by atoms with Crippen LogP contribution >= 0.6 is 0 Å². The molecular weight excluding hydrogens is 184 g/mol. The number of hydrogen-bond donors (Lipinski definition) is 0. The second-order valence-corrected chi connectivity index (χ2v) is 5.22. The van der Waals surface area contributed by atoms with Crippen molar-refractivity contribution in [1.29, 1.82) is 0 Å². The quantitative estimate of drug-likeness (QED) is 0.505. The van der Waals surface area contributed by atoms with E-state index in [9.17, 15) is 4.79 Å². The van der Waals surface area contributed by atoms with E-state index in [-0.39, 0.29) is 5.78 Å². The summed E-state index contributed by atoms with van der Waals surface area (Å²) in [5.41, 5.74) is 2.69. The smallest absolute Gasteiger partial charge is 0.155 e. The van der Waals surface area contributed by atoms with Crippen LogP contribution in [0.25, 0.3) is 0 Å². The third-order valence-corrected chi connectivity index (χ3v) is 4.01. The number of hydrogen-bond acceptors (Lipinski definition) is 1. The molecule has 0 aromatic heterocycles. The largest absolute Gasteiger partial charge is 0.295 e. The highest BCUT2D eigenvalue weighted by Crippen LogP contribution is 2.44. The first-order valence-corrected chi connectivity index (χ1v) is 5.70. The van der Waals surface area contributed by atoms with Gasteiger partial charge >= 0.3 is 0 Å². The van der Waals surface area contributed by atoms with Crippen molar-refractivity contribution in [2.24, 2.45) is 11.3 Å². The van der Waals surface area contributed by atoms with Gasteiger partial charge in [-0.15, -0.1) is 0 Å². The Bertz CT molecular complexity index is 318. The monoisotopic (exact) mass is 206 g/mol. The molecule has 1 nitrogen and oxygen atoms in total. The Labute approximate surface area is 93.3 Å². The van der Waals surface area contributed by atoms with Crippen molar-refractivity contribution >= 4 is 5.78 Å². The van der Waals surface area contributed by atoms with Crippen molar-refractivity contribution in [3.8, 4) is 0 Å². The first-order valence-electron chi connectivity index (χ1n) is 5.70. The van der Waals surface area contributed by atoms with Crippen LogP contribution in [0.3, 0.4) is 0 Å². The average molecular weight is 206 g/mol. The molecule has 0 saturated heterocycles. The van der Waals surface area contributed by atoms with Gasteiger partial charge in [-0.2, -0.15) is 0 Å². The van der Waals surface area contributed by atoms with Gasteiger partial charge in [0.2, 0.25) is 0 Å². The van der Waals surface area contributed by atoms with Gasteiger partial charge in [-0.1, -0.05) is 31.6 Å². The fourth-order valence-electron chi connectivity index (χ4n) is 2.05. The molecule has 0 saturated carbocycles. The van der Waals surface area contributed by atoms with Gasteiger partial charge < -0.3 is 0 Å². The fourth-order valence-corrected chi connectivity index (χ4v) is 2.05. The third kappa shape index (κ3) is 2.58. The van der Waals surface area contributed by atoms with Gasteiger partial charge in [0.05, 0.1) is 0 Å². The summed E-state index contributed by atoms with van der Waals surface area (Å²) in [6.07, 6.45) is 6.61. The SMILES string of the molecule is CC(=O)C(C)=CC[C@H]1CC=C(C)C1(C)C. The molecule has 1 heteroatoms.